The number of ether oxygens (including phenoxy) is 1. The Kier molecular flexibility index (Phi) is 5.20. The smallest absolute Gasteiger partial charge is 0.271 e. The van der Waals surface area contributed by atoms with Gasteiger partial charge in [-0.2, -0.15) is 0 Å². The van der Waals surface area contributed by atoms with Crippen molar-refractivity contribution in [1.29, 1.82) is 0 Å². The first kappa shape index (κ1) is 19.6. The van der Waals surface area contributed by atoms with Gasteiger partial charge in [0.1, 0.15) is 5.75 Å². The number of benzene rings is 2. The van der Waals surface area contributed by atoms with Crippen molar-refractivity contribution in [3.63, 3.8) is 0 Å². The maximum atomic E-state index is 12.6. The molecule has 0 saturated carbocycles. The van der Waals surface area contributed by atoms with Gasteiger partial charge in [-0.05, 0) is 36.8 Å². The topological polar surface area (TPSA) is 98.8 Å². The molecule has 0 bridgehead atoms. The number of carbonyl (C=O) groups is 1. The predicted molar refractivity (Wildman–Crippen MR) is 115 cm³/mol. The second kappa shape index (κ2) is 7.96. The molecule has 2 aromatic carbocycles. The summed E-state index contributed by atoms with van der Waals surface area (Å²) in [5.74, 6) is 0.520. The third kappa shape index (κ3) is 3.87. The number of fused-ring (bicyclic) bond motifs is 1. The van der Waals surface area contributed by atoms with Crippen LogP contribution in [0.3, 0.4) is 0 Å². The summed E-state index contributed by atoms with van der Waals surface area (Å²) < 4.78 is 7.08. The number of hydrogen-bond donors (Lipinski definition) is 1. The van der Waals surface area contributed by atoms with Gasteiger partial charge in [0.25, 0.3) is 5.69 Å². The fourth-order valence-corrected chi connectivity index (χ4v) is 3.95. The van der Waals surface area contributed by atoms with Crippen molar-refractivity contribution >= 4 is 33.6 Å². The zero-order chi connectivity index (χ0) is 21.3. The molecule has 2 heterocycles. The molecule has 30 heavy (non-hydrogen) atoms. The lowest BCUT2D eigenvalue weighted by Gasteiger charge is -2.08. The summed E-state index contributed by atoms with van der Waals surface area (Å²) in [6.45, 7) is 1.79. The average molecular weight is 422 g/mol. The highest BCUT2D eigenvalue weighted by Crippen LogP contribution is 2.26. The van der Waals surface area contributed by atoms with Crippen LogP contribution in [0.15, 0.2) is 54.0 Å². The van der Waals surface area contributed by atoms with E-state index in [9.17, 15) is 14.9 Å². The predicted octanol–water partition coefficient (Wildman–Crippen LogP) is 4.47. The number of rotatable bonds is 6. The maximum absolute atomic E-state index is 12.6. The van der Waals surface area contributed by atoms with Crippen LogP contribution in [0.5, 0.6) is 5.75 Å². The third-order valence-electron chi connectivity index (χ3n) is 4.72. The van der Waals surface area contributed by atoms with E-state index in [1.807, 2.05) is 40.2 Å². The summed E-state index contributed by atoms with van der Waals surface area (Å²) in [5.41, 5.74) is 3.68. The average Bonchev–Trinajstić information content (AvgIpc) is 3.31. The standard InChI is InChI=1S/C21H18N4O4S/c1-13-3-6-15(25(27)28)9-18(13)22-20(26)10-16-12-30-21-23-19(11-24(16)21)14-4-7-17(29-2)8-5-14/h3-9,11-12H,10H2,1-2H3,(H,22,26). The molecule has 8 nitrogen and oxygen atoms in total. The van der Waals surface area contributed by atoms with Crippen molar-refractivity contribution in [1.82, 2.24) is 9.38 Å². The zero-order valence-electron chi connectivity index (χ0n) is 16.3. The SMILES string of the molecule is COc1ccc(-c2cn3c(CC(=O)Nc4cc([N+](=O)[O-])ccc4C)csc3n2)cc1. The van der Waals surface area contributed by atoms with Crippen LogP contribution in [0.4, 0.5) is 11.4 Å². The minimum atomic E-state index is -0.482. The molecule has 0 spiro atoms. The van der Waals surface area contributed by atoms with E-state index in [1.54, 1.807) is 20.1 Å². The first-order valence-corrected chi connectivity index (χ1v) is 9.97. The number of imidazole rings is 1. The number of nitrogens with zero attached hydrogens (tertiary/aromatic N) is 3. The Morgan fingerprint density at radius 1 is 1.27 bits per heavy atom. The van der Waals surface area contributed by atoms with Gasteiger partial charge in [0.15, 0.2) is 4.96 Å². The number of aryl methyl sites for hydroxylation is 1. The minimum absolute atomic E-state index is 0.0624. The Hall–Kier alpha value is -3.72. The fraction of sp³-hybridized carbons (Fsp3) is 0.143. The third-order valence-corrected chi connectivity index (χ3v) is 5.61. The number of nitro benzene ring substituents is 1. The Morgan fingerprint density at radius 3 is 2.73 bits per heavy atom. The molecule has 0 saturated heterocycles. The number of thiazole rings is 1. The van der Waals surface area contributed by atoms with Gasteiger partial charge in [-0.15, -0.1) is 11.3 Å². The lowest BCUT2D eigenvalue weighted by Crippen LogP contribution is -2.16. The minimum Gasteiger partial charge on any atom is -0.497 e. The van der Waals surface area contributed by atoms with E-state index in [4.69, 9.17) is 4.74 Å². The molecule has 1 amide bonds. The highest BCUT2D eigenvalue weighted by atomic mass is 32.1. The molecule has 0 unspecified atom stereocenters. The van der Waals surface area contributed by atoms with E-state index < -0.39 is 4.92 Å². The Labute approximate surface area is 175 Å². The summed E-state index contributed by atoms with van der Waals surface area (Å²) in [6, 6.07) is 12.0. The number of nitro groups is 1. The molecule has 152 valence electrons. The van der Waals surface area contributed by atoms with Crippen LogP contribution in [0.25, 0.3) is 16.2 Å². The van der Waals surface area contributed by atoms with Gasteiger partial charge in [-0.1, -0.05) is 6.07 Å². The molecule has 0 aliphatic carbocycles. The quantitative estimate of drug-likeness (QED) is 0.365. The maximum Gasteiger partial charge on any atom is 0.271 e. The number of non-ortho nitro benzene ring substituents is 1. The Morgan fingerprint density at radius 2 is 2.03 bits per heavy atom. The molecular formula is C21H18N4O4S. The van der Waals surface area contributed by atoms with Crippen molar-refractivity contribution in [2.24, 2.45) is 0 Å². The molecular weight excluding hydrogens is 404 g/mol. The Bertz CT molecular complexity index is 1240. The summed E-state index contributed by atoms with van der Waals surface area (Å²) >= 11 is 1.45. The second-order valence-electron chi connectivity index (χ2n) is 6.72. The number of amides is 1. The fourth-order valence-electron chi connectivity index (χ4n) is 3.07. The van der Waals surface area contributed by atoms with Gasteiger partial charge in [0, 0.05) is 35.0 Å². The molecule has 4 aromatic rings. The number of methoxy groups -OCH3 is 1. The second-order valence-corrected chi connectivity index (χ2v) is 7.55. The summed E-state index contributed by atoms with van der Waals surface area (Å²) in [4.78, 5) is 28.5. The van der Waals surface area contributed by atoms with Crippen molar-refractivity contribution in [3.05, 3.63) is 75.4 Å². The van der Waals surface area contributed by atoms with Crippen LogP contribution in [0.1, 0.15) is 11.3 Å². The number of hydrogen-bond acceptors (Lipinski definition) is 6. The number of aromatic nitrogens is 2. The van der Waals surface area contributed by atoms with Crippen LogP contribution in [-0.2, 0) is 11.2 Å². The summed E-state index contributed by atoms with van der Waals surface area (Å²) in [6.07, 6.45) is 2.02. The van der Waals surface area contributed by atoms with E-state index >= 15 is 0 Å². The van der Waals surface area contributed by atoms with Gasteiger partial charge in [-0.3, -0.25) is 19.3 Å². The molecule has 1 N–H and O–H groups in total. The Balaban J connectivity index is 1.54. The molecule has 0 fully saturated rings. The lowest BCUT2D eigenvalue weighted by molar-refractivity contribution is -0.384. The van der Waals surface area contributed by atoms with Crippen molar-refractivity contribution in [2.75, 3.05) is 12.4 Å². The van der Waals surface area contributed by atoms with Crippen LogP contribution < -0.4 is 10.1 Å². The molecule has 0 aliphatic heterocycles. The number of carbonyl (C=O) groups excluding carboxylic acids is 1. The highest BCUT2D eigenvalue weighted by molar-refractivity contribution is 7.15. The molecule has 2 aromatic heterocycles. The normalized spacial score (nSPS) is 10.9. The molecule has 0 atom stereocenters. The summed E-state index contributed by atoms with van der Waals surface area (Å²) in [7, 11) is 1.62. The van der Waals surface area contributed by atoms with Gasteiger partial charge in [-0.25, -0.2) is 4.98 Å². The molecule has 4 rings (SSSR count). The van der Waals surface area contributed by atoms with E-state index in [0.29, 0.717) is 5.69 Å². The number of anilines is 1. The van der Waals surface area contributed by atoms with Crippen molar-refractivity contribution in [2.45, 2.75) is 13.3 Å². The molecule has 0 radical (unpaired) electrons. The monoisotopic (exact) mass is 422 g/mol. The van der Waals surface area contributed by atoms with Gasteiger partial charge in [0.2, 0.25) is 5.91 Å². The van der Waals surface area contributed by atoms with E-state index in [2.05, 4.69) is 10.3 Å². The first-order chi connectivity index (χ1) is 14.4. The lowest BCUT2D eigenvalue weighted by atomic mass is 10.1. The largest absolute Gasteiger partial charge is 0.497 e. The highest BCUT2D eigenvalue weighted by Gasteiger charge is 2.15. The van der Waals surface area contributed by atoms with E-state index in [1.165, 1.54) is 23.5 Å². The van der Waals surface area contributed by atoms with Crippen molar-refractivity contribution in [3.8, 4) is 17.0 Å². The first-order valence-electron chi connectivity index (χ1n) is 9.09. The number of nitrogens with one attached hydrogen (secondary N) is 1. The van der Waals surface area contributed by atoms with Gasteiger partial charge < -0.3 is 10.1 Å². The molecule has 0 aliphatic rings. The van der Waals surface area contributed by atoms with Crippen LogP contribution in [-0.4, -0.2) is 27.3 Å². The van der Waals surface area contributed by atoms with Crippen molar-refractivity contribution < 1.29 is 14.5 Å². The van der Waals surface area contributed by atoms with E-state index in [0.717, 1.165) is 33.2 Å². The van der Waals surface area contributed by atoms with Crippen LogP contribution in [0.2, 0.25) is 0 Å². The van der Waals surface area contributed by atoms with E-state index in [-0.39, 0.29) is 18.0 Å². The van der Waals surface area contributed by atoms with Crippen LogP contribution in [0, 0.1) is 17.0 Å². The molecule has 9 heteroatoms. The zero-order valence-corrected chi connectivity index (χ0v) is 17.1. The summed E-state index contributed by atoms with van der Waals surface area (Å²) in [5, 5.41) is 15.6. The van der Waals surface area contributed by atoms with Crippen LogP contribution >= 0.6 is 11.3 Å². The van der Waals surface area contributed by atoms with Gasteiger partial charge in [0.05, 0.1) is 29.8 Å². The van der Waals surface area contributed by atoms with Gasteiger partial charge >= 0.3 is 0 Å².